The van der Waals surface area contributed by atoms with Gasteiger partial charge in [-0.15, -0.1) is 0 Å². The first-order valence-corrected chi connectivity index (χ1v) is 10.3. The van der Waals surface area contributed by atoms with Crippen LogP contribution in [0.4, 0.5) is 5.69 Å². The van der Waals surface area contributed by atoms with Gasteiger partial charge < -0.3 is 19.5 Å². The van der Waals surface area contributed by atoms with E-state index >= 15 is 0 Å². The lowest BCUT2D eigenvalue weighted by atomic mass is 9.93. The van der Waals surface area contributed by atoms with Crippen LogP contribution in [-0.4, -0.2) is 58.3 Å². The van der Waals surface area contributed by atoms with Gasteiger partial charge in [0.1, 0.15) is 6.61 Å². The maximum absolute atomic E-state index is 12.9. The van der Waals surface area contributed by atoms with Gasteiger partial charge in [0.2, 0.25) is 11.8 Å². The quantitative estimate of drug-likeness (QED) is 0.628. The fraction of sp³-hybridized carbons (Fsp3) is 0.409. The molecule has 4 rings (SSSR count). The summed E-state index contributed by atoms with van der Waals surface area (Å²) < 4.78 is 7.00. The van der Waals surface area contributed by atoms with E-state index in [0.29, 0.717) is 25.2 Å². The third kappa shape index (κ3) is 4.38. The average molecular weight is 409 g/mol. The van der Waals surface area contributed by atoms with Gasteiger partial charge in [0, 0.05) is 50.8 Å². The number of hydrogen-bond donors (Lipinski definition) is 2. The minimum atomic E-state index is -0.220. The van der Waals surface area contributed by atoms with Crippen LogP contribution < -0.4 is 5.32 Å². The number of benzene rings is 1. The van der Waals surface area contributed by atoms with E-state index in [2.05, 4.69) is 38.3 Å². The van der Waals surface area contributed by atoms with Gasteiger partial charge in [-0.25, -0.2) is 0 Å². The first kappa shape index (κ1) is 20.2. The Balaban J connectivity index is 1.37. The monoisotopic (exact) mass is 409 g/mol. The van der Waals surface area contributed by atoms with E-state index in [4.69, 9.17) is 4.74 Å². The number of piperidine rings is 1. The van der Waals surface area contributed by atoms with Crippen LogP contribution in [0.5, 0.6) is 0 Å². The molecule has 1 unspecified atom stereocenters. The lowest BCUT2D eigenvalue weighted by Crippen LogP contribution is -2.39. The molecule has 2 N–H and O–H groups in total. The second kappa shape index (κ2) is 9.13. The molecule has 3 aromatic rings. The van der Waals surface area contributed by atoms with Crippen molar-refractivity contribution in [2.75, 3.05) is 32.1 Å². The summed E-state index contributed by atoms with van der Waals surface area (Å²) in [6.07, 6.45) is 5.98. The van der Waals surface area contributed by atoms with Gasteiger partial charge in [0.05, 0.1) is 17.6 Å². The second-order valence-corrected chi connectivity index (χ2v) is 7.68. The van der Waals surface area contributed by atoms with Crippen LogP contribution in [0.15, 0.2) is 42.7 Å². The number of aromatic nitrogens is 3. The zero-order valence-electron chi connectivity index (χ0n) is 17.1. The summed E-state index contributed by atoms with van der Waals surface area (Å²) in [6.45, 7) is 2.05. The van der Waals surface area contributed by atoms with Gasteiger partial charge in [-0.05, 0) is 30.4 Å². The first-order valence-electron chi connectivity index (χ1n) is 10.3. The number of fused-ring (bicyclic) bond motifs is 1. The van der Waals surface area contributed by atoms with Gasteiger partial charge >= 0.3 is 0 Å². The molecule has 158 valence electrons. The number of carbonyl (C=O) groups excluding carboxylic acids is 2. The highest BCUT2D eigenvalue weighted by atomic mass is 16.5. The number of likely N-dealkylation sites (tertiary alicyclic amines) is 1. The molecule has 1 fully saturated rings. The molecule has 0 saturated carbocycles. The van der Waals surface area contributed by atoms with E-state index < -0.39 is 0 Å². The zero-order chi connectivity index (χ0) is 20.9. The van der Waals surface area contributed by atoms with Crippen molar-refractivity contribution in [3.8, 4) is 0 Å². The Kier molecular flexibility index (Phi) is 6.13. The molecule has 1 atom stereocenters. The van der Waals surface area contributed by atoms with Gasteiger partial charge in [-0.2, -0.15) is 5.10 Å². The molecule has 1 aliphatic rings. The number of amides is 2. The largest absolute Gasteiger partial charge is 0.375 e. The van der Waals surface area contributed by atoms with Crippen molar-refractivity contribution in [2.45, 2.75) is 31.7 Å². The Morgan fingerprint density at radius 2 is 2.17 bits per heavy atom. The summed E-state index contributed by atoms with van der Waals surface area (Å²) in [5.74, 6) is 0.0558. The van der Waals surface area contributed by atoms with Crippen LogP contribution in [0.1, 0.15) is 30.9 Å². The number of rotatable bonds is 7. The van der Waals surface area contributed by atoms with Crippen molar-refractivity contribution in [3.05, 3.63) is 48.4 Å². The summed E-state index contributed by atoms with van der Waals surface area (Å²) in [4.78, 5) is 26.7. The average Bonchev–Trinajstić information content (AvgIpc) is 3.39. The minimum Gasteiger partial charge on any atom is -0.375 e. The van der Waals surface area contributed by atoms with E-state index in [1.54, 1.807) is 6.20 Å². The Morgan fingerprint density at radius 1 is 1.30 bits per heavy atom. The van der Waals surface area contributed by atoms with Crippen molar-refractivity contribution < 1.29 is 14.3 Å². The summed E-state index contributed by atoms with van der Waals surface area (Å²) >= 11 is 0. The lowest BCUT2D eigenvalue weighted by Gasteiger charge is -2.33. The molecule has 3 heterocycles. The molecule has 0 radical (unpaired) electrons. The molecular weight excluding hydrogens is 382 g/mol. The van der Waals surface area contributed by atoms with Gasteiger partial charge in [-0.1, -0.05) is 18.2 Å². The van der Waals surface area contributed by atoms with Crippen LogP contribution in [0, 0.1) is 0 Å². The third-order valence-corrected chi connectivity index (χ3v) is 5.65. The molecule has 0 bridgehead atoms. The number of aryl methyl sites for hydroxylation is 1. The number of nitrogens with zero attached hydrogens (tertiary/aromatic N) is 3. The van der Waals surface area contributed by atoms with Crippen molar-refractivity contribution in [1.29, 1.82) is 0 Å². The number of carbonyl (C=O) groups is 2. The lowest BCUT2D eigenvalue weighted by molar-refractivity contribution is -0.132. The molecule has 1 saturated heterocycles. The SMILES string of the molecule is COCC(=O)Nc1cn[nH]c1C1CCCN(C(=O)CCn2ccc3ccccc32)C1. The first-order chi connectivity index (χ1) is 14.7. The van der Waals surface area contributed by atoms with Crippen molar-refractivity contribution in [3.63, 3.8) is 0 Å². The third-order valence-electron chi connectivity index (χ3n) is 5.65. The second-order valence-electron chi connectivity index (χ2n) is 7.68. The Labute approximate surface area is 175 Å². The maximum Gasteiger partial charge on any atom is 0.250 e. The number of ether oxygens (including phenoxy) is 1. The molecule has 8 heteroatoms. The fourth-order valence-electron chi connectivity index (χ4n) is 4.17. The predicted octanol–water partition coefficient (Wildman–Crippen LogP) is 2.75. The fourth-order valence-corrected chi connectivity index (χ4v) is 4.17. The number of nitrogens with one attached hydrogen (secondary N) is 2. The molecule has 1 aliphatic heterocycles. The predicted molar refractivity (Wildman–Crippen MR) is 114 cm³/mol. The summed E-state index contributed by atoms with van der Waals surface area (Å²) in [7, 11) is 1.48. The summed E-state index contributed by atoms with van der Waals surface area (Å²) in [6, 6.07) is 10.3. The molecule has 0 spiro atoms. The van der Waals surface area contributed by atoms with Crippen LogP contribution in [0.25, 0.3) is 10.9 Å². The molecule has 0 aliphatic carbocycles. The van der Waals surface area contributed by atoms with Crippen LogP contribution in [-0.2, 0) is 20.9 Å². The van der Waals surface area contributed by atoms with E-state index in [1.807, 2.05) is 23.2 Å². The van der Waals surface area contributed by atoms with E-state index in [-0.39, 0.29) is 24.3 Å². The Hall–Kier alpha value is -3.13. The molecule has 2 aromatic heterocycles. The summed E-state index contributed by atoms with van der Waals surface area (Å²) in [5.41, 5.74) is 2.68. The number of anilines is 1. The van der Waals surface area contributed by atoms with Crippen LogP contribution in [0.2, 0.25) is 0 Å². The molecule has 30 heavy (non-hydrogen) atoms. The number of methoxy groups -OCH3 is 1. The van der Waals surface area contributed by atoms with Crippen molar-refractivity contribution in [1.82, 2.24) is 19.7 Å². The highest BCUT2D eigenvalue weighted by Gasteiger charge is 2.27. The summed E-state index contributed by atoms with van der Waals surface area (Å²) in [5, 5.41) is 11.1. The van der Waals surface area contributed by atoms with E-state index in [0.717, 1.165) is 30.6 Å². The van der Waals surface area contributed by atoms with Crippen molar-refractivity contribution in [2.24, 2.45) is 0 Å². The highest BCUT2D eigenvalue weighted by Crippen LogP contribution is 2.30. The number of H-pyrrole nitrogens is 1. The molecular formula is C22H27N5O3. The van der Waals surface area contributed by atoms with E-state index in [1.165, 1.54) is 12.5 Å². The van der Waals surface area contributed by atoms with Gasteiger partial charge in [-0.3, -0.25) is 14.7 Å². The van der Waals surface area contributed by atoms with Gasteiger partial charge in [0.25, 0.3) is 0 Å². The minimum absolute atomic E-state index is 0.00598. The maximum atomic E-state index is 12.9. The number of para-hydroxylation sites is 1. The van der Waals surface area contributed by atoms with E-state index in [9.17, 15) is 9.59 Å². The van der Waals surface area contributed by atoms with Crippen LogP contribution in [0.3, 0.4) is 0 Å². The smallest absolute Gasteiger partial charge is 0.250 e. The normalized spacial score (nSPS) is 16.7. The highest BCUT2D eigenvalue weighted by molar-refractivity contribution is 5.92. The van der Waals surface area contributed by atoms with Crippen LogP contribution >= 0.6 is 0 Å². The number of hydrogen-bond acceptors (Lipinski definition) is 4. The van der Waals surface area contributed by atoms with Crippen molar-refractivity contribution >= 4 is 28.4 Å². The standard InChI is InChI=1S/C22H27N5O3/c1-30-15-20(28)24-18-13-23-25-22(18)17-6-4-10-27(14-17)21(29)9-12-26-11-8-16-5-2-3-7-19(16)26/h2-3,5,7-8,11,13,17H,4,6,9-10,12,14-15H2,1H3,(H,23,25)(H,24,28). The Morgan fingerprint density at radius 3 is 3.03 bits per heavy atom. The Bertz CT molecular complexity index is 1020. The molecule has 2 amide bonds. The number of aromatic amines is 1. The topological polar surface area (TPSA) is 92.2 Å². The molecule has 1 aromatic carbocycles. The van der Waals surface area contributed by atoms with Gasteiger partial charge in [0.15, 0.2) is 0 Å². The molecule has 8 nitrogen and oxygen atoms in total. The zero-order valence-corrected chi connectivity index (χ0v) is 17.1.